The third-order valence-corrected chi connectivity index (χ3v) is 3.24. The maximum Gasteiger partial charge on any atom is 0.0483 e. The lowest BCUT2D eigenvalue weighted by Gasteiger charge is -2.00. The van der Waals surface area contributed by atoms with E-state index >= 15 is 0 Å². The van der Waals surface area contributed by atoms with Crippen LogP contribution in [0.5, 0.6) is 0 Å². The van der Waals surface area contributed by atoms with E-state index in [0.717, 1.165) is 25.9 Å². The number of terminal acetylenes is 1. The van der Waals surface area contributed by atoms with Crippen LogP contribution in [0, 0.1) is 12.3 Å². The second-order valence-corrected chi connectivity index (χ2v) is 4.53. The van der Waals surface area contributed by atoms with E-state index in [0.29, 0.717) is 0 Å². The van der Waals surface area contributed by atoms with Gasteiger partial charge in [-0.2, -0.15) is 0 Å². The molecular weight excluding hydrogens is 220 g/mol. The van der Waals surface area contributed by atoms with Crippen molar-refractivity contribution >= 4 is 10.9 Å². The van der Waals surface area contributed by atoms with Crippen molar-refractivity contribution in [3.05, 3.63) is 36.0 Å². The minimum absolute atomic E-state index is 0.786. The van der Waals surface area contributed by atoms with E-state index in [1.54, 1.807) is 0 Å². The number of aromatic nitrogens is 1. The molecule has 2 aromatic rings. The molecule has 2 rings (SSSR count). The molecule has 0 aliphatic rings. The topological polar surface area (TPSA) is 17.0 Å². The fraction of sp³-hybridized carbons (Fsp3) is 0.375. The Morgan fingerprint density at radius 3 is 2.94 bits per heavy atom. The lowest BCUT2D eigenvalue weighted by atomic mass is 10.1. The van der Waals surface area contributed by atoms with Crippen molar-refractivity contribution in [2.75, 3.05) is 13.6 Å². The van der Waals surface area contributed by atoms with Gasteiger partial charge in [0.15, 0.2) is 0 Å². The number of hydrogen-bond acceptors (Lipinski definition) is 1. The standard InChI is InChI=1S/C16H20N2/c1-3-4-12-18-13-14(8-7-11-17-2)15-9-5-6-10-16(15)18/h1,5-6,9-10,13,17H,4,7-8,11-12H2,2H3. The minimum Gasteiger partial charge on any atom is -0.346 e. The molecule has 0 fully saturated rings. The van der Waals surface area contributed by atoms with E-state index in [4.69, 9.17) is 6.42 Å². The average Bonchev–Trinajstić information content (AvgIpc) is 2.76. The molecule has 0 radical (unpaired) electrons. The van der Waals surface area contributed by atoms with Gasteiger partial charge in [0.05, 0.1) is 0 Å². The van der Waals surface area contributed by atoms with Gasteiger partial charge in [0.25, 0.3) is 0 Å². The van der Waals surface area contributed by atoms with Crippen molar-refractivity contribution < 1.29 is 0 Å². The van der Waals surface area contributed by atoms with Gasteiger partial charge in [0.2, 0.25) is 0 Å². The summed E-state index contributed by atoms with van der Waals surface area (Å²) in [6, 6.07) is 8.57. The molecule has 18 heavy (non-hydrogen) atoms. The average molecular weight is 240 g/mol. The first kappa shape index (κ1) is 12.7. The number of para-hydroxylation sites is 1. The fourth-order valence-corrected chi connectivity index (χ4v) is 2.35. The van der Waals surface area contributed by atoms with Crippen molar-refractivity contribution in [3.8, 4) is 12.3 Å². The minimum atomic E-state index is 0.786. The molecule has 2 heteroatoms. The van der Waals surface area contributed by atoms with Crippen LogP contribution in [0.2, 0.25) is 0 Å². The molecule has 2 nitrogen and oxygen atoms in total. The third-order valence-electron chi connectivity index (χ3n) is 3.24. The third kappa shape index (κ3) is 2.75. The summed E-state index contributed by atoms with van der Waals surface area (Å²) in [4.78, 5) is 0. The Hall–Kier alpha value is -1.72. The lowest BCUT2D eigenvalue weighted by molar-refractivity contribution is 0.715. The summed E-state index contributed by atoms with van der Waals surface area (Å²) in [7, 11) is 2.00. The molecule has 0 aliphatic carbocycles. The SMILES string of the molecule is C#CCCn1cc(CCCNC)c2ccccc21. The zero-order valence-corrected chi connectivity index (χ0v) is 10.9. The molecule has 0 spiro atoms. The van der Waals surface area contributed by atoms with Crippen LogP contribution < -0.4 is 5.32 Å². The molecule has 0 saturated heterocycles. The molecule has 0 atom stereocenters. The van der Waals surface area contributed by atoms with Crippen molar-refractivity contribution in [2.45, 2.75) is 25.8 Å². The van der Waals surface area contributed by atoms with Crippen LogP contribution in [-0.4, -0.2) is 18.2 Å². The number of aryl methyl sites for hydroxylation is 2. The zero-order chi connectivity index (χ0) is 12.8. The quantitative estimate of drug-likeness (QED) is 0.607. The van der Waals surface area contributed by atoms with E-state index < -0.39 is 0 Å². The highest BCUT2D eigenvalue weighted by Crippen LogP contribution is 2.22. The Morgan fingerprint density at radius 1 is 1.33 bits per heavy atom. The van der Waals surface area contributed by atoms with Crippen molar-refractivity contribution in [1.29, 1.82) is 0 Å². The Balaban J connectivity index is 2.26. The Morgan fingerprint density at radius 2 is 2.17 bits per heavy atom. The summed E-state index contributed by atoms with van der Waals surface area (Å²) in [5, 5.41) is 4.56. The van der Waals surface area contributed by atoms with Crippen LogP contribution >= 0.6 is 0 Å². The molecule has 0 amide bonds. The molecule has 94 valence electrons. The molecule has 0 unspecified atom stereocenters. The highest BCUT2D eigenvalue weighted by molar-refractivity contribution is 5.84. The normalized spacial score (nSPS) is 10.7. The predicted octanol–water partition coefficient (Wildman–Crippen LogP) is 2.82. The van der Waals surface area contributed by atoms with Crippen LogP contribution in [0.3, 0.4) is 0 Å². The van der Waals surface area contributed by atoms with E-state index in [1.807, 2.05) is 7.05 Å². The number of benzene rings is 1. The first-order chi connectivity index (χ1) is 8.86. The maximum absolute atomic E-state index is 5.35. The van der Waals surface area contributed by atoms with E-state index in [2.05, 4.69) is 46.3 Å². The second kappa shape index (κ2) is 6.28. The molecule has 0 aliphatic heterocycles. The smallest absolute Gasteiger partial charge is 0.0483 e. The summed E-state index contributed by atoms with van der Waals surface area (Å²) < 4.78 is 2.28. The van der Waals surface area contributed by atoms with Gasteiger partial charge in [-0.1, -0.05) is 18.2 Å². The molecule has 0 saturated carbocycles. The van der Waals surface area contributed by atoms with Crippen LogP contribution in [0.1, 0.15) is 18.4 Å². The Kier molecular flexibility index (Phi) is 4.44. The molecule has 0 bridgehead atoms. The first-order valence-electron chi connectivity index (χ1n) is 6.51. The molecule has 1 N–H and O–H groups in total. The van der Waals surface area contributed by atoms with Crippen molar-refractivity contribution in [2.24, 2.45) is 0 Å². The Bertz CT molecular complexity index is 546. The summed E-state index contributed by atoms with van der Waals surface area (Å²) in [6.45, 7) is 1.97. The largest absolute Gasteiger partial charge is 0.346 e. The number of rotatable bonds is 6. The van der Waals surface area contributed by atoms with Crippen LogP contribution in [0.15, 0.2) is 30.5 Å². The van der Waals surface area contributed by atoms with Crippen LogP contribution in [0.25, 0.3) is 10.9 Å². The highest BCUT2D eigenvalue weighted by atomic mass is 15.0. The molecule has 1 heterocycles. The van der Waals surface area contributed by atoms with E-state index in [9.17, 15) is 0 Å². The Labute approximate surface area is 109 Å². The molecule has 1 aromatic carbocycles. The predicted molar refractivity (Wildman–Crippen MR) is 77.6 cm³/mol. The number of fused-ring (bicyclic) bond motifs is 1. The summed E-state index contributed by atoms with van der Waals surface area (Å²) in [6.07, 6.45) is 10.7. The van der Waals surface area contributed by atoms with Gasteiger partial charge >= 0.3 is 0 Å². The maximum atomic E-state index is 5.35. The van der Waals surface area contributed by atoms with Gasteiger partial charge in [-0.05, 0) is 38.1 Å². The van der Waals surface area contributed by atoms with Crippen LogP contribution in [-0.2, 0) is 13.0 Å². The van der Waals surface area contributed by atoms with Gasteiger partial charge in [-0.15, -0.1) is 12.3 Å². The summed E-state index contributed by atoms with van der Waals surface area (Å²) in [5.41, 5.74) is 2.73. The van der Waals surface area contributed by atoms with Crippen LogP contribution in [0.4, 0.5) is 0 Å². The van der Waals surface area contributed by atoms with Gasteiger partial charge in [-0.25, -0.2) is 0 Å². The monoisotopic (exact) mass is 240 g/mol. The zero-order valence-electron chi connectivity index (χ0n) is 10.9. The second-order valence-electron chi connectivity index (χ2n) is 4.53. The van der Waals surface area contributed by atoms with Crippen molar-refractivity contribution in [1.82, 2.24) is 9.88 Å². The molecular formula is C16H20N2. The lowest BCUT2D eigenvalue weighted by Crippen LogP contribution is -2.08. The summed E-state index contributed by atoms with van der Waals surface area (Å²) >= 11 is 0. The number of nitrogens with zero attached hydrogens (tertiary/aromatic N) is 1. The number of nitrogens with one attached hydrogen (secondary N) is 1. The van der Waals surface area contributed by atoms with Gasteiger partial charge in [0, 0.05) is 30.1 Å². The van der Waals surface area contributed by atoms with Crippen molar-refractivity contribution in [3.63, 3.8) is 0 Å². The first-order valence-corrected chi connectivity index (χ1v) is 6.51. The number of hydrogen-bond donors (Lipinski definition) is 1. The van der Waals surface area contributed by atoms with E-state index in [1.165, 1.54) is 22.9 Å². The van der Waals surface area contributed by atoms with E-state index in [-0.39, 0.29) is 0 Å². The van der Waals surface area contributed by atoms with Gasteiger partial charge in [0.1, 0.15) is 0 Å². The fourth-order valence-electron chi connectivity index (χ4n) is 2.35. The van der Waals surface area contributed by atoms with Gasteiger partial charge in [-0.3, -0.25) is 0 Å². The van der Waals surface area contributed by atoms with Gasteiger partial charge < -0.3 is 9.88 Å². The molecule has 1 aromatic heterocycles. The highest BCUT2D eigenvalue weighted by Gasteiger charge is 2.06. The summed E-state index contributed by atoms with van der Waals surface area (Å²) in [5.74, 6) is 2.71.